The summed E-state index contributed by atoms with van der Waals surface area (Å²) in [6.07, 6.45) is 10.7. The zero-order chi connectivity index (χ0) is 13.0. The molecule has 2 fully saturated rings. The average molecular weight is 271 g/mol. The molecule has 3 heteroatoms. The minimum atomic E-state index is 0.0144. The van der Waals surface area contributed by atoms with Crippen molar-refractivity contribution in [3.63, 3.8) is 0 Å². The van der Waals surface area contributed by atoms with Crippen LogP contribution in [0.4, 0.5) is 0 Å². The van der Waals surface area contributed by atoms with Crippen LogP contribution in [0, 0.1) is 0 Å². The molecule has 2 saturated carbocycles. The number of hydrogen-bond acceptors (Lipinski definition) is 3. The second-order valence-corrected chi connectivity index (χ2v) is 8.10. The number of aliphatic hydroxyl groups is 1. The standard InChI is InChI=1S/C15H29NOS/c1-12(2)16-15(11-17)9-8-14(10-15)18-13-6-4-3-5-7-13/h12-14,16-17H,3-11H2,1-2H3. The van der Waals surface area contributed by atoms with Crippen molar-refractivity contribution in [1.82, 2.24) is 5.32 Å². The van der Waals surface area contributed by atoms with Crippen LogP contribution in [-0.4, -0.2) is 33.8 Å². The summed E-state index contributed by atoms with van der Waals surface area (Å²) in [6.45, 7) is 4.66. The number of aliphatic hydroxyl groups excluding tert-OH is 1. The van der Waals surface area contributed by atoms with E-state index in [4.69, 9.17) is 0 Å². The highest BCUT2D eigenvalue weighted by Crippen LogP contribution is 2.41. The Balaban J connectivity index is 1.82. The molecule has 2 aliphatic rings. The largest absolute Gasteiger partial charge is 0.394 e. The van der Waals surface area contributed by atoms with E-state index in [0.717, 1.165) is 23.3 Å². The molecule has 2 rings (SSSR count). The summed E-state index contributed by atoms with van der Waals surface area (Å²) in [5.41, 5.74) is 0.0144. The zero-order valence-corrected chi connectivity index (χ0v) is 12.8. The molecule has 0 saturated heterocycles. The van der Waals surface area contributed by atoms with Crippen molar-refractivity contribution in [2.45, 2.75) is 87.3 Å². The molecule has 0 radical (unpaired) electrons. The summed E-state index contributed by atoms with van der Waals surface area (Å²) < 4.78 is 0. The van der Waals surface area contributed by atoms with Gasteiger partial charge in [0.05, 0.1) is 6.61 Å². The molecule has 0 heterocycles. The van der Waals surface area contributed by atoms with Crippen molar-refractivity contribution in [3.05, 3.63) is 0 Å². The highest BCUT2D eigenvalue weighted by atomic mass is 32.2. The first-order chi connectivity index (χ1) is 8.63. The number of rotatable bonds is 5. The van der Waals surface area contributed by atoms with Gasteiger partial charge in [0.15, 0.2) is 0 Å². The smallest absolute Gasteiger partial charge is 0.0613 e. The van der Waals surface area contributed by atoms with E-state index < -0.39 is 0 Å². The predicted octanol–water partition coefficient (Wildman–Crippen LogP) is 3.33. The second-order valence-electron chi connectivity index (χ2n) is 6.50. The van der Waals surface area contributed by atoms with Gasteiger partial charge in [0.25, 0.3) is 0 Å². The lowest BCUT2D eigenvalue weighted by Gasteiger charge is -2.31. The molecule has 0 aliphatic heterocycles. The van der Waals surface area contributed by atoms with E-state index in [-0.39, 0.29) is 5.54 Å². The molecular weight excluding hydrogens is 242 g/mol. The van der Waals surface area contributed by atoms with Crippen LogP contribution in [0.15, 0.2) is 0 Å². The highest BCUT2D eigenvalue weighted by Gasteiger charge is 2.39. The molecule has 2 atom stereocenters. The van der Waals surface area contributed by atoms with E-state index in [0.29, 0.717) is 12.6 Å². The molecule has 2 unspecified atom stereocenters. The molecule has 0 aromatic carbocycles. The Bertz CT molecular complexity index is 253. The van der Waals surface area contributed by atoms with Crippen LogP contribution >= 0.6 is 11.8 Å². The Kier molecular flexibility index (Phi) is 5.40. The third kappa shape index (κ3) is 3.88. The first-order valence-corrected chi connectivity index (χ1v) is 8.62. The summed E-state index contributed by atoms with van der Waals surface area (Å²) >= 11 is 2.22. The van der Waals surface area contributed by atoms with E-state index in [1.165, 1.54) is 38.5 Å². The van der Waals surface area contributed by atoms with Crippen molar-refractivity contribution < 1.29 is 5.11 Å². The molecule has 0 bridgehead atoms. The topological polar surface area (TPSA) is 32.3 Å². The van der Waals surface area contributed by atoms with Crippen molar-refractivity contribution in [3.8, 4) is 0 Å². The Hall–Kier alpha value is 0.270. The molecule has 106 valence electrons. The van der Waals surface area contributed by atoms with Gasteiger partial charge in [0.1, 0.15) is 0 Å². The zero-order valence-electron chi connectivity index (χ0n) is 12.0. The number of hydrogen-bond donors (Lipinski definition) is 2. The van der Waals surface area contributed by atoms with Gasteiger partial charge in [-0.3, -0.25) is 0 Å². The molecule has 0 aromatic rings. The quantitative estimate of drug-likeness (QED) is 0.804. The maximum atomic E-state index is 9.72. The van der Waals surface area contributed by atoms with Gasteiger partial charge in [-0.25, -0.2) is 0 Å². The van der Waals surface area contributed by atoms with E-state index >= 15 is 0 Å². The minimum Gasteiger partial charge on any atom is -0.394 e. The Morgan fingerprint density at radius 3 is 2.50 bits per heavy atom. The maximum absolute atomic E-state index is 9.72. The van der Waals surface area contributed by atoms with Gasteiger partial charge in [0.2, 0.25) is 0 Å². The van der Waals surface area contributed by atoms with Crippen molar-refractivity contribution in [2.24, 2.45) is 0 Å². The van der Waals surface area contributed by atoms with Crippen LogP contribution in [0.5, 0.6) is 0 Å². The first kappa shape index (κ1) is 14.7. The van der Waals surface area contributed by atoms with Gasteiger partial charge in [-0.15, -0.1) is 0 Å². The van der Waals surface area contributed by atoms with E-state index in [1.54, 1.807) is 0 Å². The third-order valence-electron chi connectivity index (χ3n) is 4.40. The fourth-order valence-electron chi connectivity index (χ4n) is 3.60. The third-order valence-corrected chi connectivity index (χ3v) is 6.04. The highest BCUT2D eigenvalue weighted by molar-refractivity contribution is 8.00. The Morgan fingerprint density at radius 1 is 1.17 bits per heavy atom. The van der Waals surface area contributed by atoms with Crippen molar-refractivity contribution in [2.75, 3.05) is 6.61 Å². The maximum Gasteiger partial charge on any atom is 0.0613 e. The van der Waals surface area contributed by atoms with E-state index in [9.17, 15) is 5.11 Å². The number of nitrogens with one attached hydrogen (secondary N) is 1. The summed E-state index contributed by atoms with van der Waals surface area (Å²) in [5.74, 6) is 0. The van der Waals surface area contributed by atoms with Gasteiger partial charge in [-0.05, 0) is 32.1 Å². The fraction of sp³-hybridized carbons (Fsp3) is 1.00. The Labute approximate surface area is 116 Å². The van der Waals surface area contributed by atoms with Crippen LogP contribution in [0.1, 0.15) is 65.2 Å². The molecular formula is C15H29NOS. The van der Waals surface area contributed by atoms with Crippen LogP contribution in [0.3, 0.4) is 0 Å². The summed E-state index contributed by atoms with van der Waals surface area (Å²) in [4.78, 5) is 0. The molecule has 0 spiro atoms. The summed E-state index contributed by atoms with van der Waals surface area (Å²) in [5, 5.41) is 15.0. The summed E-state index contributed by atoms with van der Waals surface area (Å²) in [6, 6.07) is 0.468. The van der Waals surface area contributed by atoms with Crippen LogP contribution in [0.25, 0.3) is 0 Å². The van der Waals surface area contributed by atoms with Crippen LogP contribution in [0.2, 0.25) is 0 Å². The molecule has 2 nitrogen and oxygen atoms in total. The minimum absolute atomic E-state index is 0.0144. The molecule has 0 aromatic heterocycles. The molecule has 18 heavy (non-hydrogen) atoms. The van der Waals surface area contributed by atoms with Crippen LogP contribution in [-0.2, 0) is 0 Å². The lowest BCUT2D eigenvalue weighted by Crippen LogP contribution is -2.49. The normalized spacial score (nSPS) is 34.3. The van der Waals surface area contributed by atoms with Gasteiger partial charge < -0.3 is 10.4 Å². The number of thioether (sulfide) groups is 1. The lowest BCUT2D eigenvalue weighted by molar-refractivity contribution is 0.156. The van der Waals surface area contributed by atoms with Gasteiger partial charge >= 0.3 is 0 Å². The monoisotopic (exact) mass is 271 g/mol. The van der Waals surface area contributed by atoms with Crippen molar-refractivity contribution >= 4 is 11.8 Å². The molecule has 2 aliphatic carbocycles. The summed E-state index contributed by atoms with van der Waals surface area (Å²) in [7, 11) is 0. The molecule has 2 N–H and O–H groups in total. The average Bonchev–Trinajstić information content (AvgIpc) is 2.73. The van der Waals surface area contributed by atoms with Crippen LogP contribution < -0.4 is 5.32 Å². The Morgan fingerprint density at radius 2 is 1.89 bits per heavy atom. The first-order valence-electron chi connectivity index (χ1n) is 7.67. The predicted molar refractivity (Wildman–Crippen MR) is 80.2 cm³/mol. The second kappa shape index (κ2) is 6.62. The fourth-order valence-corrected chi connectivity index (χ4v) is 5.42. The van der Waals surface area contributed by atoms with Crippen molar-refractivity contribution in [1.29, 1.82) is 0 Å². The SMILES string of the molecule is CC(C)NC1(CO)CCC(SC2CCCCC2)C1. The molecule has 0 amide bonds. The van der Waals surface area contributed by atoms with E-state index in [1.807, 2.05) is 0 Å². The van der Waals surface area contributed by atoms with Gasteiger partial charge in [-0.1, -0.05) is 33.1 Å². The van der Waals surface area contributed by atoms with Gasteiger partial charge in [0, 0.05) is 22.1 Å². The van der Waals surface area contributed by atoms with Gasteiger partial charge in [-0.2, -0.15) is 11.8 Å². The lowest BCUT2D eigenvalue weighted by atomic mass is 9.98. The van der Waals surface area contributed by atoms with E-state index in [2.05, 4.69) is 30.9 Å².